The van der Waals surface area contributed by atoms with Gasteiger partial charge in [0, 0.05) is 31.9 Å². The molecule has 2 unspecified atom stereocenters. The summed E-state index contributed by atoms with van der Waals surface area (Å²) in [4.78, 5) is 18.8. The predicted molar refractivity (Wildman–Crippen MR) is 168 cm³/mol. The first-order valence-corrected chi connectivity index (χ1v) is 14.3. The second kappa shape index (κ2) is 15.6. The molecule has 7 nitrogen and oxygen atoms in total. The Bertz CT molecular complexity index is 1230. The number of aliphatic hydroxyl groups excluding tert-OH is 1. The number of carbonyl (C=O) groups excluding carboxylic acids is 1. The van der Waals surface area contributed by atoms with E-state index in [1.807, 2.05) is 54.6 Å². The summed E-state index contributed by atoms with van der Waals surface area (Å²) in [6.45, 7) is 5.17. The van der Waals surface area contributed by atoms with E-state index in [-0.39, 0.29) is 31.4 Å². The number of hydrogen-bond acceptors (Lipinski definition) is 8. The molecule has 1 fully saturated rings. The maximum atomic E-state index is 13.2. The molecule has 10 heteroatoms. The lowest BCUT2D eigenvalue weighted by atomic mass is 9.95. The zero-order chi connectivity index (χ0) is 27.1. The summed E-state index contributed by atoms with van der Waals surface area (Å²) in [5, 5.41) is 11.2. The third kappa shape index (κ3) is 8.02. The number of para-hydroxylation sites is 1. The highest BCUT2D eigenvalue weighted by molar-refractivity contribution is 8.01. The van der Waals surface area contributed by atoms with E-state index in [0.717, 1.165) is 49.6 Å². The van der Waals surface area contributed by atoms with Crippen molar-refractivity contribution in [3.8, 4) is 11.5 Å². The molecule has 2 heterocycles. The lowest BCUT2D eigenvalue weighted by molar-refractivity contribution is -0.147. The highest BCUT2D eigenvalue weighted by Crippen LogP contribution is 2.47. The number of piperazine rings is 1. The monoisotopic (exact) mass is 620 g/mol. The fourth-order valence-corrected chi connectivity index (χ4v) is 6.60. The number of esters is 1. The van der Waals surface area contributed by atoms with Gasteiger partial charge in [0.2, 0.25) is 0 Å². The number of carbonyl (C=O) groups is 1. The molecular weight excluding hydrogens is 583 g/mol. The Labute approximate surface area is 259 Å². The highest BCUT2D eigenvalue weighted by atomic mass is 35.5. The van der Waals surface area contributed by atoms with E-state index in [1.54, 1.807) is 0 Å². The Kier molecular flexibility index (Phi) is 12.5. The fraction of sp³-hybridized carbons (Fsp3) is 0.387. The smallest absolute Gasteiger partial charge is 0.325 e. The van der Waals surface area contributed by atoms with E-state index < -0.39 is 16.8 Å². The molecule has 3 aromatic rings. The van der Waals surface area contributed by atoms with Gasteiger partial charge in [-0.15, -0.1) is 36.6 Å². The zero-order valence-corrected chi connectivity index (χ0v) is 25.6. The van der Waals surface area contributed by atoms with E-state index in [0.29, 0.717) is 24.5 Å². The highest BCUT2D eigenvalue weighted by Gasteiger charge is 2.49. The molecule has 5 rings (SSSR count). The van der Waals surface area contributed by atoms with Gasteiger partial charge in [-0.25, -0.2) is 0 Å². The van der Waals surface area contributed by atoms with Gasteiger partial charge < -0.3 is 24.2 Å². The Morgan fingerprint density at radius 3 is 2.37 bits per heavy atom. The maximum Gasteiger partial charge on any atom is 0.325 e. The summed E-state index contributed by atoms with van der Waals surface area (Å²) in [7, 11) is 1.38. The first kappa shape index (κ1) is 32.9. The van der Waals surface area contributed by atoms with Crippen molar-refractivity contribution in [3.63, 3.8) is 0 Å². The summed E-state index contributed by atoms with van der Waals surface area (Å²) in [5.74, 6) is 0.884. The minimum Gasteiger partial charge on any atom is -0.490 e. The summed E-state index contributed by atoms with van der Waals surface area (Å²) >= 11 is 1.33. The van der Waals surface area contributed by atoms with Crippen molar-refractivity contribution in [2.75, 3.05) is 51.3 Å². The van der Waals surface area contributed by atoms with Crippen molar-refractivity contribution >= 4 is 48.2 Å². The van der Waals surface area contributed by atoms with Crippen molar-refractivity contribution in [3.05, 3.63) is 84.4 Å². The predicted octanol–water partition coefficient (Wildman–Crippen LogP) is 5.47. The largest absolute Gasteiger partial charge is 0.490 e. The number of ether oxygens (including phenoxy) is 3. The molecule has 0 radical (unpaired) electrons. The van der Waals surface area contributed by atoms with Crippen LogP contribution in [0.4, 0.5) is 5.69 Å². The molecule has 1 N–H and O–H groups in total. The average molecular weight is 622 g/mol. The number of thioether (sulfide) groups is 1. The molecule has 0 aliphatic carbocycles. The molecule has 2 aliphatic rings. The Morgan fingerprint density at radius 1 is 1.00 bits per heavy atom. The van der Waals surface area contributed by atoms with Crippen molar-refractivity contribution in [1.82, 2.24) is 4.90 Å². The van der Waals surface area contributed by atoms with E-state index in [2.05, 4.69) is 34.1 Å². The molecule has 0 spiro atoms. The van der Waals surface area contributed by atoms with Gasteiger partial charge in [-0.05, 0) is 55.3 Å². The third-order valence-corrected chi connectivity index (χ3v) is 8.98. The third-order valence-electron chi connectivity index (χ3n) is 7.44. The van der Waals surface area contributed by atoms with Crippen LogP contribution in [-0.4, -0.2) is 73.3 Å². The summed E-state index contributed by atoms with van der Waals surface area (Å²) < 4.78 is 16.0. The lowest BCUT2D eigenvalue weighted by Crippen LogP contribution is -2.50. The number of hydrogen-bond donors (Lipinski definition) is 1. The minimum atomic E-state index is -1.16. The number of benzene rings is 3. The quantitative estimate of drug-likeness (QED) is 0.316. The van der Waals surface area contributed by atoms with Crippen molar-refractivity contribution in [1.29, 1.82) is 0 Å². The van der Waals surface area contributed by atoms with Crippen molar-refractivity contribution in [2.45, 2.75) is 35.2 Å². The van der Waals surface area contributed by atoms with Gasteiger partial charge in [0.1, 0.15) is 35.6 Å². The number of nitrogens with zero attached hydrogens (tertiary/aromatic N) is 2. The molecule has 0 saturated carbocycles. The van der Waals surface area contributed by atoms with Gasteiger partial charge in [0.05, 0.1) is 12.0 Å². The topological polar surface area (TPSA) is 71.5 Å². The van der Waals surface area contributed by atoms with Crippen LogP contribution in [0.15, 0.2) is 83.8 Å². The lowest BCUT2D eigenvalue weighted by Gasteiger charge is -2.37. The van der Waals surface area contributed by atoms with E-state index in [1.165, 1.54) is 24.6 Å². The standard InChI is InChI=1S/C31H36N2O5S.2ClH/c1-36-30(35)31(15-8-16-32-17-19-33(20-18-32)25-11-6-3-7-12-25)29(34)23-38-27-14-13-26(21-28(27)39-31)37-22-24-9-4-2-5-10-24;;/h2-7,9-14,21,29,34H,8,15-20,22-23H2,1H3;2*1H. The molecule has 2 atom stereocenters. The van der Waals surface area contributed by atoms with Gasteiger partial charge in [-0.2, -0.15) is 0 Å². The number of methoxy groups -OCH3 is 1. The molecular formula is C31H38Cl2N2O5S. The van der Waals surface area contributed by atoms with E-state index >= 15 is 0 Å². The second-order valence-electron chi connectivity index (χ2n) is 9.96. The van der Waals surface area contributed by atoms with Crippen LogP contribution in [0.2, 0.25) is 0 Å². The van der Waals surface area contributed by atoms with Gasteiger partial charge in [-0.1, -0.05) is 48.5 Å². The number of fused-ring (bicyclic) bond motifs is 1. The number of halogens is 2. The number of anilines is 1. The normalized spacial score (nSPS) is 20.3. The van der Waals surface area contributed by atoms with Crippen molar-refractivity contribution < 1.29 is 24.1 Å². The van der Waals surface area contributed by atoms with Crippen LogP contribution in [0, 0.1) is 0 Å². The van der Waals surface area contributed by atoms with Crippen LogP contribution in [0.1, 0.15) is 18.4 Å². The minimum absolute atomic E-state index is 0. The van der Waals surface area contributed by atoms with Crippen LogP contribution in [0.3, 0.4) is 0 Å². The SMILES string of the molecule is COC(=O)C1(CCCN2CCN(c3ccccc3)CC2)Sc2cc(OCc3ccccc3)ccc2OCC1O.Cl.Cl. The molecule has 1 saturated heterocycles. The molecule has 2 aliphatic heterocycles. The molecule has 3 aromatic carbocycles. The molecule has 0 amide bonds. The molecule has 222 valence electrons. The van der Waals surface area contributed by atoms with Gasteiger partial charge in [-0.3, -0.25) is 9.69 Å². The molecule has 0 bridgehead atoms. The second-order valence-corrected chi connectivity index (χ2v) is 11.3. The van der Waals surface area contributed by atoms with Crippen LogP contribution in [0.25, 0.3) is 0 Å². The first-order valence-electron chi connectivity index (χ1n) is 13.5. The van der Waals surface area contributed by atoms with Gasteiger partial charge >= 0.3 is 5.97 Å². The summed E-state index contributed by atoms with van der Waals surface area (Å²) in [5.41, 5.74) is 2.32. The maximum absolute atomic E-state index is 13.2. The first-order chi connectivity index (χ1) is 19.1. The van der Waals surface area contributed by atoms with Gasteiger partial charge in [0.25, 0.3) is 0 Å². The van der Waals surface area contributed by atoms with Gasteiger partial charge in [0.15, 0.2) is 0 Å². The Morgan fingerprint density at radius 2 is 1.68 bits per heavy atom. The average Bonchev–Trinajstić information content (AvgIpc) is 3.13. The molecule has 41 heavy (non-hydrogen) atoms. The number of aliphatic hydroxyl groups is 1. The zero-order valence-electron chi connectivity index (χ0n) is 23.1. The van der Waals surface area contributed by atoms with Crippen molar-refractivity contribution in [2.24, 2.45) is 0 Å². The molecule has 0 aromatic heterocycles. The van der Waals surface area contributed by atoms with E-state index in [4.69, 9.17) is 14.2 Å². The Hall–Kier alpha value is -2.62. The number of rotatable bonds is 9. The van der Waals surface area contributed by atoms with Crippen LogP contribution in [-0.2, 0) is 16.1 Å². The van der Waals surface area contributed by atoms with Crippen LogP contribution < -0.4 is 14.4 Å². The van der Waals surface area contributed by atoms with Crippen LogP contribution >= 0.6 is 36.6 Å². The fourth-order valence-electron chi connectivity index (χ4n) is 5.19. The summed E-state index contributed by atoms with van der Waals surface area (Å²) in [6, 6.07) is 26.0. The van der Waals surface area contributed by atoms with E-state index in [9.17, 15) is 9.90 Å². The van der Waals surface area contributed by atoms with Crippen LogP contribution in [0.5, 0.6) is 11.5 Å². The Balaban J connectivity index is 0.00000231. The summed E-state index contributed by atoms with van der Waals surface area (Å²) in [6.07, 6.45) is 0.220.